The van der Waals surface area contributed by atoms with Crippen molar-refractivity contribution >= 4 is 5.97 Å². The fourth-order valence-corrected chi connectivity index (χ4v) is 2.84. The quantitative estimate of drug-likeness (QED) is 0.773. The van der Waals surface area contributed by atoms with Crippen LogP contribution >= 0.6 is 0 Å². The van der Waals surface area contributed by atoms with E-state index in [1.54, 1.807) is 12.1 Å². The Balaban J connectivity index is 2.10. The van der Waals surface area contributed by atoms with Crippen LogP contribution in [0.3, 0.4) is 0 Å². The molecule has 1 aromatic rings. The zero-order valence-electron chi connectivity index (χ0n) is 12.5. The van der Waals surface area contributed by atoms with Gasteiger partial charge in [0.05, 0.1) is 5.56 Å². The van der Waals surface area contributed by atoms with Crippen molar-refractivity contribution in [2.45, 2.75) is 38.4 Å². The Kier molecular flexibility index (Phi) is 4.85. The van der Waals surface area contributed by atoms with Gasteiger partial charge in [0.2, 0.25) is 0 Å². The van der Waals surface area contributed by atoms with E-state index in [1.165, 1.54) is 12.1 Å². The molecule has 0 spiro atoms. The minimum absolute atomic E-state index is 0.227. The molecule has 2 atom stereocenters. The molecule has 0 radical (unpaired) electrons. The number of ether oxygens (including phenoxy) is 1. The second-order valence-electron chi connectivity index (χ2n) is 6.10. The van der Waals surface area contributed by atoms with Gasteiger partial charge >= 0.3 is 5.97 Å². The predicted molar refractivity (Wildman–Crippen MR) is 79.7 cm³/mol. The van der Waals surface area contributed by atoms with E-state index in [2.05, 4.69) is 19.2 Å². The van der Waals surface area contributed by atoms with Gasteiger partial charge < -0.3 is 20.3 Å². The lowest BCUT2D eigenvalue weighted by molar-refractivity contribution is -0.0888. The number of rotatable bonds is 5. The predicted octanol–water partition coefficient (Wildman–Crippen LogP) is 1.90. The fourth-order valence-electron chi connectivity index (χ4n) is 2.84. The third-order valence-electron chi connectivity index (χ3n) is 3.76. The normalized spacial score (nSPS) is 25.8. The van der Waals surface area contributed by atoms with Gasteiger partial charge in [-0.3, -0.25) is 0 Å². The van der Waals surface area contributed by atoms with Crippen LogP contribution in [0.5, 0.6) is 5.75 Å². The maximum atomic E-state index is 10.8. The molecule has 0 unspecified atom stereocenters. The standard InChI is InChI=1S/C16H23NO4/c1-11(2)9-16(20)10-17-8-7-14(16)21-13-5-3-12(4-6-13)15(18)19/h3-6,11,14,17,20H,7-10H2,1-2H3,(H,18,19)/t14-,16-/m1/s1. The summed E-state index contributed by atoms with van der Waals surface area (Å²) in [6.07, 6.45) is 1.11. The Morgan fingerprint density at radius 2 is 2.10 bits per heavy atom. The number of carboxylic acids is 1. The van der Waals surface area contributed by atoms with E-state index in [0.29, 0.717) is 24.6 Å². The summed E-state index contributed by atoms with van der Waals surface area (Å²) in [4.78, 5) is 10.8. The molecule has 2 rings (SSSR count). The minimum atomic E-state index is -0.959. The molecule has 3 N–H and O–H groups in total. The zero-order chi connectivity index (χ0) is 15.5. The summed E-state index contributed by atoms with van der Waals surface area (Å²) in [6.45, 7) is 5.47. The van der Waals surface area contributed by atoms with Crippen molar-refractivity contribution in [1.29, 1.82) is 0 Å². The summed E-state index contributed by atoms with van der Waals surface area (Å²) in [5.41, 5.74) is -0.664. The number of carboxylic acid groups (broad SMARTS) is 1. The van der Waals surface area contributed by atoms with E-state index in [4.69, 9.17) is 9.84 Å². The molecule has 21 heavy (non-hydrogen) atoms. The van der Waals surface area contributed by atoms with Crippen molar-refractivity contribution < 1.29 is 19.7 Å². The first-order valence-electron chi connectivity index (χ1n) is 7.34. The molecule has 0 saturated carbocycles. The fraction of sp³-hybridized carbons (Fsp3) is 0.562. The molecule has 1 heterocycles. The Hall–Kier alpha value is -1.59. The SMILES string of the molecule is CC(C)C[C@@]1(O)CNCC[C@H]1Oc1ccc(C(=O)O)cc1. The molecule has 0 aromatic heterocycles. The zero-order valence-corrected chi connectivity index (χ0v) is 12.5. The summed E-state index contributed by atoms with van der Waals surface area (Å²) in [5, 5.41) is 22.9. The number of aromatic carboxylic acids is 1. The number of piperidine rings is 1. The van der Waals surface area contributed by atoms with Crippen molar-refractivity contribution in [3.05, 3.63) is 29.8 Å². The van der Waals surface area contributed by atoms with Crippen LogP contribution in [0.4, 0.5) is 0 Å². The van der Waals surface area contributed by atoms with E-state index in [0.717, 1.165) is 13.0 Å². The van der Waals surface area contributed by atoms with Crippen molar-refractivity contribution in [3.63, 3.8) is 0 Å². The molecule has 1 aliphatic rings. The number of hydrogen-bond donors (Lipinski definition) is 3. The highest BCUT2D eigenvalue weighted by atomic mass is 16.5. The van der Waals surface area contributed by atoms with E-state index in [-0.39, 0.29) is 11.7 Å². The first-order chi connectivity index (χ1) is 9.90. The summed E-state index contributed by atoms with van der Waals surface area (Å²) in [5.74, 6) is 0.00389. The van der Waals surface area contributed by atoms with Gasteiger partial charge in [-0.05, 0) is 49.6 Å². The monoisotopic (exact) mass is 293 g/mol. The van der Waals surface area contributed by atoms with Crippen molar-refractivity contribution in [2.24, 2.45) is 5.92 Å². The number of nitrogens with one attached hydrogen (secondary N) is 1. The van der Waals surface area contributed by atoms with Crippen LogP contribution in [0.1, 0.15) is 37.0 Å². The Bertz CT molecular complexity index is 486. The Labute approximate surface area is 124 Å². The molecule has 1 fully saturated rings. The van der Waals surface area contributed by atoms with Crippen molar-refractivity contribution in [1.82, 2.24) is 5.32 Å². The van der Waals surface area contributed by atoms with Crippen molar-refractivity contribution in [2.75, 3.05) is 13.1 Å². The average Bonchev–Trinajstić information content (AvgIpc) is 2.41. The van der Waals surface area contributed by atoms with Gasteiger partial charge in [0.1, 0.15) is 17.5 Å². The number of carbonyl (C=O) groups is 1. The van der Waals surface area contributed by atoms with Gasteiger partial charge in [0.15, 0.2) is 0 Å². The van der Waals surface area contributed by atoms with Crippen LogP contribution in [0.25, 0.3) is 0 Å². The van der Waals surface area contributed by atoms with Crippen LogP contribution in [0.15, 0.2) is 24.3 Å². The molecule has 0 amide bonds. The van der Waals surface area contributed by atoms with Gasteiger partial charge in [-0.25, -0.2) is 4.79 Å². The first-order valence-corrected chi connectivity index (χ1v) is 7.34. The number of benzene rings is 1. The van der Waals surface area contributed by atoms with E-state index in [1.807, 2.05) is 0 Å². The summed E-state index contributed by atoms with van der Waals surface area (Å²) < 4.78 is 5.92. The van der Waals surface area contributed by atoms with E-state index in [9.17, 15) is 9.90 Å². The highest BCUT2D eigenvalue weighted by molar-refractivity contribution is 5.87. The van der Waals surface area contributed by atoms with Gasteiger partial charge in [-0.1, -0.05) is 13.8 Å². The van der Waals surface area contributed by atoms with Crippen LogP contribution in [-0.4, -0.2) is 41.0 Å². The van der Waals surface area contributed by atoms with E-state index < -0.39 is 11.6 Å². The smallest absolute Gasteiger partial charge is 0.335 e. The third kappa shape index (κ3) is 3.95. The molecule has 116 valence electrons. The average molecular weight is 293 g/mol. The highest BCUT2D eigenvalue weighted by Gasteiger charge is 2.41. The second kappa shape index (κ2) is 6.45. The highest BCUT2D eigenvalue weighted by Crippen LogP contribution is 2.29. The number of hydrogen-bond acceptors (Lipinski definition) is 4. The van der Waals surface area contributed by atoms with Crippen LogP contribution < -0.4 is 10.1 Å². The number of aliphatic hydroxyl groups is 1. The molecular weight excluding hydrogens is 270 g/mol. The molecule has 1 saturated heterocycles. The molecule has 0 bridgehead atoms. The molecular formula is C16H23NO4. The van der Waals surface area contributed by atoms with Crippen molar-refractivity contribution in [3.8, 4) is 5.75 Å². The topological polar surface area (TPSA) is 78.8 Å². The maximum Gasteiger partial charge on any atom is 0.335 e. The summed E-state index contributed by atoms with van der Waals surface area (Å²) >= 11 is 0. The lowest BCUT2D eigenvalue weighted by Gasteiger charge is -2.41. The Morgan fingerprint density at radius 3 is 2.67 bits per heavy atom. The number of β-amino-alcohol motifs (C(OH)–C–C–N with tert-alkyl or cyclic N) is 1. The van der Waals surface area contributed by atoms with Gasteiger partial charge in [0, 0.05) is 6.54 Å². The lowest BCUT2D eigenvalue weighted by atomic mass is 9.83. The maximum absolute atomic E-state index is 10.8. The minimum Gasteiger partial charge on any atom is -0.487 e. The summed E-state index contributed by atoms with van der Waals surface area (Å²) in [6, 6.07) is 6.31. The molecule has 0 aliphatic carbocycles. The molecule has 1 aliphatic heterocycles. The second-order valence-corrected chi connectivity index (χ2v) is 6.10. The van der Waals surface area contributed by atoms with E-state index >= 15 is 0 Å². The van der Waals surface area contributed by atoms with Crippen LogP contribution in [-0.2, 0) is 0 Å². The lowest BCUT2D eigenvalue weighted by Crippen LogP contribution is -2.58. The largest absolute Gasteiger partial charge is 0.487 e. The Morgan fingerprint density at radius 1 is 1.43 bits per heavy atom. The summed E-state index contributed by atoms with van der Waals surface area (Å²) in [7, 11) is 0. The first kappa shape index (κ1) is 15.8. The molecule has 5 heteroatoms. The van der Waals surface area contributed by atoms with Gasteiger partial charge in [0.25, 0.3) is 0 Å². The third-order valence-corrected chi connectivity index (χ3v) is 3.76. The van der Waals surface area contributed by atoms with Gasteiger partial charge in [-0.15, -0.1) is 0 Å². The molecule has 5 nitrogen and oxygen atoms in total. The molecule has 1 aromatic carbocycles. The van der Waals surface area contributed by atoms with Gasteiger partial charge in [-0.2, -0.15) is 0 Å². The van der Waals surface area contributed by atoms with Crippen LogP contribution in [0, 0.1) is 5.92 Å². The van der Waals surface area contributed by atoms with Crippen LogP contribution in [0.2, 0.25) is 0 Å².